The third-order valence-corrected chi connectivity index (χ3v) is 5.41. The van der Waals surface area contributed by atoms with E-state index in [-0.39, 0.29) is 11.3 Å². The number of hydrogen-bond acceptors (Lipinski definition) is 5. The highest BCUT2D eigenvalue weighted by Crippen LogP contribution is 2.19. The third kappa shape index (κ3) is 4.29. The van der Waals surface area contributed by atoms with Gasteiger partial charge >= 0.3 is 5.97 Å². The minimum atomic E-state index is -4.20. The van der Waals surface area contributed by atoms with Gasteiger partial charge in [-0.1, -0.05) is 30.3 Å². The van der Waals surface area contributed by atoms with Crippen LogP contribution >= 0.6 is 0 Å². The van der Waals surface area contributed by atoms with E-state index in [0.29, 0.717) is 10.9 Å². The molecular formula is C19H16N2O5S. The van der Waals surface area contributed by atoms with Crippen LogP contribution in [0.3, 0.4) is 0 Å². The number of carboxylic acids is 1. The number of carbonyl (C=O) groups excluding carboxylic acids is 1. The Labute approximate surface area is 155 Å². The lowest BCUT2D eigenvalue weighted by Gasteiger charge is -2.13. The quantitative estimate of drug-likeness (QED) is 0.628. The Bertz CT molecular complexity index is 1100. The SMILES string of the molecule is O=C(O)C(Cc1ccncc1)C(=O)NS(=O)(=O)c1ccc2ccccc2c1. The van der Waals surface area contributed by atoms with E-state index >= 15 is 0 Å². The fourth-order valence-corrected chi connectivity index (χ4v) is 3.70. The van der Waals surface area contributed by atoms with Crippen molar-refractivity contribution in [3.63, 3.8) is 0 Å². The van der Waals surface area contributed by atoms with Gasteiger partial charge in [0.2, 0.25) is 5.91 Å². The summed E-state index contributed by atoms with van der Waals surface area (Å²) in [6.07, 6.45) is 2.80. The Morgan fingerprint density at radius 1 is 1.00 bits per heavy atom. The second-order valence-electron chi connectivity index (χ2n) is 5.93. The Morgan fingerprint density at radius 2 is 1.67 bits per heavy atom. The van der Waals surface area contributed by atoms with E-state index in [1.807, 2.05) is 16.9 Å². The maximum atomic E-state index is 12.5. The molecule has 1 amide bonds. The van der Waals surface area contributed by atoms with Gasteiger partial charge in [0.15, 0.2) is 0 Å². The average molecular weight is 384 g/mol. The molecule has 3 aromatic rings. The second kappa shape index (κ2) is 7.55. The molecule has 0 saturated carbocycles. The second-order valence-corrected chi connectivity index (χ2v) is 7.61. The molecule has 1 aromatic heterocycles. The number of nitrogens with one attached hydrogen (secondary N) is 1. The first-order chi connectivity index (χ1) is 12.9. The summed E-state index contributed by atoms with van der Waals surface area (Å²) in [5.74, 6) is -4.03. The number of aromatic nitrogens is 1. The molecule has 1 unspecified atom stereocenters. The Kier molecular flexibility index (Phi) is 5.18. The van der Waals surface area contributed by atoms with E-state index in [1.165, 1.54) is 24.5 Å². The molecular weight excluding hydrogens is 368 g/mol. The van der Waals surface area contributed by atoms with Gasteiger partial charge in [-0.25, -0.2) is 13.1 Å². The number of sulfonamides is 1. The number of aliphatic carboxylic acids is 1. The van der Waals surface area contributed by atoms with Crippen molar-refractivity contribution in [2.75, 3.05) is 0 Å². The number of nitrogens with zero attached hydrogens (tertiary/aromatic N) is 1. The third-order valence-electron chi connectivity index (χ3n) is 4.07. The molecule has 1 heterocycles. The Hall–Kier alpha value is -3.26. The largest absolute Gasteiger partial charge is 0.481 e. The lowest BCUT2D eigenvalue weighted by Crippen LogP contribution is -2.40. The number of pyridine rings is 1. The minimum absolute atomic E-state index is 0.109. The zero-order chi connectivity index (χ0) is 19.4. The first kappa shape index (κ1) is 18.5. The number of rotatable bonds is 6. The van der Waals surface area contributed by atoms with E-state index in [9.17, 15) is 23.1 Å². The van der Waals surface area contributed by atoms with Crippen LogP contribution in [0.4, 0.5) is 0 Å². The molecule has 7 nitrogen and oxygen atoms in total. The topological polar surface area (TPSA) is 113 Å². The molecule has 0 bridgehead atoms. The van der Waals surface area contributed by atoms with Crippen LogP contribution in [-0.2, 0) is 26.0 Å². The number of benzene rings is 2. The van der Waals surface area contributed by atoms with Gasteiger partial charge in [-0.05, 0) is 47.0 Å². The maximum absolute atomic E-state index is 12.5. The van der Waals surface area contributed by atoms with Crippen molar-refractivity contribution in [3.8, 4) is 0 Å². The van der Waals surface area contributed by atoms with Crippen LogP contribution in [0.15, 0.2) is 71.9 Å². The van der Waals surface area contributed by atoms with Crippen molar-refractivity contribution in [2.24, 2.45) is 5.92 Å². The van der Waals surface area contributed by atoms with Crippen LogP contribution in [0.1, 0.15) is 5.56 Å². The molecule has 0 spiro atoms. The number of hydrogen-bond donors (Lipinski definition) is 2. The van der Waals surface area contributed by atoms with Gasteiger partial charge in [0.1, 0.15) is 5.92 Å². The summed E-state index contributed by atoms with van der Waals surface area (Å²) in [5, 5.41) is 10.9. The van der Waals surface area contributed by atoms with Crippen molar-refractivity contribution in [1.82, 2.24) is 9.71 Å². The molecule has 8 heteroatoms. The predicted octanol–water partition coefficient (Wildman–Crippen LogP) is 1.98. The van der Waals surface area contributed by atoms with Crippen LogP contribution < -0.4 is 4.72 Å². The van der Waals surface area contributed by atoms with Gasteiger partial charge in [-0.2, -0.15) is 0 Å². The van der Waals surface area contributed by atoms with Crippen LogP contribution in [0, 0.1) is 5.92 Å². The standard InChI is InChI=1S/C19H16N2O5S/c22-18(17(19(23)24)11-13-7-9-20-10-8-13)21-27(25,26)16-6-5-14-3-1-2-4-15(14)12-16/h1-10,12,17H,11H2,(H,21,22)(H,23,24). The maximum Gasteiger partial charge on any atom is 0.316 e. The van der Waals surface area contributed by atoms with Crippen molar-refractivity contribution >= 4 is 32.7 Å². The fourth-order valence-electron chi connectivity index (χ4n) is 2.64. The smallest absolute Gasteiger partial charge is 0.316 e. The molecule has 0 aliphatic carbocycles. The molecule has 0 radical (unpaired) electrons. The number of fused-ring (bicyclic) bond motifs is 1. The molecule has 1 atom stereocenters. The summed E-state index contributed by atoms with van der Waals surface area (Å²) in [4.78, 5) is 27.5. The van der Waals surface area contributed by atoms with Crippen LogP contribution in [-0.4, -0.2) is 30.4 Å². The van der Waals surface area contributed by atoms with E-state index in [2.05, 4.69) is 4.98 Å². The van der Waals surface area contributed by atoms with Crippen LogP contribution in [0.5, 0.6) is 0 Å². The monoisotopic (exact) mass is 384 g/mol. The van der Waals surface area contributed by atoms with Gasteiger partial charge in [-0.3, -0.25) is 14.6 Å². The summed E-state index contributed by atoms with van der Waals surface area (Å²) >= 11 is 0. The van der Waals surface area contributed by atoms with Crippen LogP contribution in [0.2, 0.25) is 0 Å². The molecule has 2 aromatic carbocycles. The molecule has 0 saturated heterocycles. The van der Waals surface area contributed by atoms with Gasteiger partial charge in [0.25, 0.3) is 10.0 Å². The van der Waals surface area contributed by atoms with E-state index in [4.69, 9.17) is 0 Å². The first-order valence-electron chi connectivity index (χ1n) is 8.04. The summed E-state index contributed by atoms with van der Waals surface area (Å²) in [6, 6.07) is 14.8. The summed E-state index contributed by atoms with van der Waals surface area (Å²) in [7, 11) is -4.20. The normalized spacial score (nSPS) is 12.4. The number of carbonyl (C=O) groups is 2. The van der Waals surface area contributed by atoms with E-state index in [1.54, 1.807) is 30.3 Å². The first-order valence-corrected chi connectivity index (χ1v) is 9.52. The highest BCUT2D eigenvalue weighted by atomic mass is 32.2. The highest BCUT2D eigenvalue weighted by Gasteiger charge is 2.30. The zero-order valence-electron chi connectivity index (χ0n) is 14.1. The van der Waals surface area contributed by atoms with Gasteiger partial charge in [0.05, 0.1) is 4.90 Å². The predicted molar refractivity (Wildman–Crippen MR) is 98.3 cm³/mol. The molecule has 0 fully saturated rings. The molecule has 3 rings (SSSR count). The lowest BCUT2D eigenvalue weighted by atomic mass is 10.00. The molecule has 138 valence electrons. The number of amides is 1. The van der Waals surface area contributed by atoms with Crippen molar-refractivity contribution < 1.29 is 23.1 Å². The minimum Gasteiger partial charge on any atom is -0.481 e. The fraction of sp³-hybridized carbons (Fsp3) is 0.105. The van der Waals surface area contributed by atoms with Gasteiger partial charge in [0, 0.05) is 12.4 Å². The van der Waals surface area contributed by atoms with E-state index < -0.39 is 27.8 Å². The summed E-state index contributed by atoms with van der Waals surface area (Å²) < 4.78 is 26.9. The molecule has 2 N–H and O–H groups in total. The Balaban J connectivity index is 1.83. The van der Waals surface area contributed by atoms with Gasteiger partial charge in [-0.15, -0.1) is 0 Å². The number of carboxylic acid groups (broad SMARTS) is 1. The summed E-state index contributed by atoms with van der Waals surface area (Å²) in [6.45, 7) is 0. The lowest BCUT2D eigenvalue weighted by molar-refractivity contribution is -0.146. The zero-order valence-corrected chi connectivity index (χ0v) is 14.9. The average Bonchev–Trinajstić information content (AvgIpc) is 2.66. The summed E-state index contributed by atoms with van der Waals surface area (Å²) in [5.41, 5.74) is 0.565. The van der Waals surface area contributed by atoms with Crippen LogP contribution in [0.25, 0.3) is 10.8 Å². The van der Waals surface area contributed by atoms with Gasteiger partial charge < -0.3 is 5.11 Å². The molecule has 27 heavy (non-hydrogen) atoms. The highest BCUT2D eigenvalue weighted by molar-refractivity contribution is 7.90. The molecule has 0 aliphatic rings. The molecule has 0 aliphatic heterocycles. The van der Waals surface area contributed by atoms with Crippen molar-refractivity contribution in [2.45, 2.75) is 11.3 Å². The Morgan fingerprint density at radius 3 is 2.33 bits per heavy atom. The van der Waals surface area contributed by atoms with Crippen molar-refractivity contribution in [1.29, 1.82) is 0 Å². The van der Waals surface area contributed by atoms with Crippen molar-refractivity contribution in [3.05, 3.63) is 72.6 Å². The van der Waals surface area contributed by atoms with E-state index in [0.717, 1.165) is 5.39 Å².